The Morgan fingerprint density at radius 3 is 3.06 bits per heavy atom. The first-order chi connectivity index (χ1) is 8.79. The summed E-state index contributed by atoms with van der Waals surface area (Å²) >= 11 is 0. The van der Waals surface area contributed by atoms with Crippen LogP contribution in [0.3, 0.4) is 0 Å². The largest absolute Gasteiger partial charge is 0.463 e. The third kappa shape index (κ3) is 3.26. The molecule has 0 aromatic heterocycles. The molecule has 0 spiro atoms. The zero-order chi connectivity index (χ0) is 12.8. The van der Waals surface area contributed by atoms with E-state index in [1.165, 1.54) is 6.08 Å². The van der Waals surface area contributed by atoms with Gasteiger partial charge in [-0.25, -0.2) is 4.79 Å². The molecular formula is C14H16O4. The van der Waals surface area contributed by atoms with Gasteiger partial charge in [0.25, 0.3) is 0 Å². The zero-order valence-corrected chi connectivity index (χ0v) is 10.3. The molecule has 0 saturated heterocycles. The SMILES string of the molecule is CCCCOC(=O)C=Cc1ccc2c(c1)OCO2. The van der Waals surface area contributed by atoms with Crippen LogP contribution >= 0.6 is 0 Å². The molecule has 1 heterocycles. The lowest BCUT2D eigenvalue weighted by molar-refractivity contribution is -0.137. The molecule has 0 N–H and O–H groups in total. The number of unbranched alkanes of at least 4 members (excludes halogenated alkanes) is 1. The van der Waals surface area contributed by atoms with Gasteiger partial charge in [-0.05, 0) is 30.2 Å². The average Bonchev–Trinajstić information content (AvgIpc) is 2.84. The molecule has 0 fully saturated rings. The van der Waals surface area contributed by atoms with Crippen molar-refractivity contribution in [3.05, 3.63) is 29.8 Å². The highest BCUT2D eigenvalue weighted by molar-refractivity contribution is 5.87. The van der Waals surface area contributed by atoms with E-state index in [2.05, 4.69) is 6.92 Å². The Hall–Kier alpha value is -1.97. The molecule has 0 radical (unpaired) electrons. The second-order valence-corrected chi connectivity index (χ2v) is 3.97. The molecule has 2 rings (SSSR count). The van der Waals surface area contributed by atoms with E-state index in [4.69, 9.17) is 14.2 Å². The van der Waals surface area contributed by atoms with E-state index < -0.39 is 0 Å². The Labute approximate surface area is 106 Å². The summed E-state index contributed by atoms with van der Waals surface area (Å²) in [5.74, 6) is 1.12. The Morgan fingerprint density at radius 2 is 2.22 bits per heavy atom. The van der Waals surface area contributed by atoms with Crippen molar-refractivity contribution in [2.45, 2.75) is 19.8 Å². The van der Waals surface area contributed by atoms with Crippen molar-refractivity contribution in [2.75, 3.05) is 13.4 Å². The van der Waals surface area contributed by atoms with Crippen LogP contribution in [-0.2, 0) is 9.53 Å². The van der Waals surface area contributed by atoms with Crippen molar-refractivity contribution in [3.8, 4) is 11.5 Å². The van der Waals surface area contributed by atoms with Crippen molar-refractivity contribution in [1.29, 1.82) is 0 Å². The van der Waals surface area contributed by atoms with E-state index in [1.54, 1.807) is 6.08 Å². The number of hydrogen-bond donors (Lipinski definition) is 0. The summed E-state index contributed by atoms with van der Waals surface area (Å²) in [5, 5.41) is 0. The summed E-state index contributed by atoms with van der Waals surface area (Å²) in [7, 11) is 0. The topological polar surface area (TPSA) is 44.8 Å². The van der Waals surface area contributed by atoms with Gasteiger partial charge in [0.1, 0.15) is 0 Å². The van der Waals surface area contributed by atoms with Crippen LogP contribution < -0.4 is 9.47 Å². The number of carbonyl (C=O) groups is 1. The van der Waals surface area contributed by atoms with Crippen molar-refractivity contribution in [2.24, 2.45) is 0 Å². The molecule has 4 heteroatoms. The molecule has 0 unspecified atom stereocenters. The van der Waals surface area contributed by atoms with Crippen LogP contribution in [0.4, 0.5) is 0 Å². The quantitative estimate of drug-likeness (QED) is 0.456. The molecule has 4 nitrogen and oxygen atoms in total. The Kier molecular flexibility index (Phi) is 4.23. The molecule has 0 saturated carbocycles. The van der Waals surface area contributed by atoms with Gasteiger partial charge in [0.05, 0.1) is 6.61 Å². The molecule has 0 aliphatic carbocycles. The molecule has 1 aliphatic heterocycles. The number of benzene rings is 1. The van der Waals surface area contributed by atoms with Crippen molar-refractivity contribution < 1.29 is 19.0 Å². The van der Waals surface area contributed by atoms with Crippen LogP contribution in [0, 0.1) is 0 Å². The summed E-state index contributed by atoms with van der Waals surface area (Å²) in [6.45, 7) is 2.78. The second-order valence-electron chi connectivity index (χ2n) is 3.97. The fourth-order valence-electron chi connectivity index (χ4n) is 1.55. The van der Waals surface area contributed by atoms with E-state index in [1.807, 2.05) is 18.2 Å². The highest BCUT2D eigenvalue weighted by Crippen LogP contribution is 2.32. The van der Waals surface area contributed by atoms with Gasteiger partial charge in [0, 0.05) is 6.08 Å². The predicted molar refractivity (Wildman–Crippen MR) is 67.5 cm³/mol. The van der Waals surface area contributed by atoms with E-state index in [0.29, 0.717) is 12.4 Å². The molecule has 0 amide bonds. The Morgan fingerprint density at radius 1 is 1.39 bits per heavy atom. The summed E-state index contributed by atoms with van der Waals surface area (Å²) < 4.78 is 15.5. The minimum Gasteiger partial charge on any atom is -0.463 e. The van der Waals surface area contributed by atoms with Gasteiger partial charge in [-0.2, -0.15) is 0 Å². The number of rotatable bonds is 5. The van der Waals surface area contributed by atoms with Crippen LogP contribution in [0.15, 0.2) is 24.3 Å². The predicted octanol–water partition coefficient (Wildman–Crippen LogP) is 2.77. The number of carbonyl (C=O) groups excluding carboxylic acids is 1. The number of hydrogen-bond acceptors (Lipinski definition) is 4. The van der Waals surface area contributed by atoms with Gasteiger partial charge in [-0.1, -0.05) is 19.4 Å². The Bertz CT molecular complexity index is 451. The maximum atomic E-state index is 11.4. The van der Waals surface area contributed by atoms with E-state index >= 15 is 0 Å². The normalized spacial score (nSPS) is 12.9. The smallest absolute Gasteiger partial charge is 0.330 e. The highest BCUT2D eigenvalue weighted by Gasteiger charge is 2.12. The minimum absolute atomic E-state index is 0.252. The number of fused-ring (bicyclic) bond motifs is 1. The molecule has 18 heavy (non-hydrogen) atoms. The Balaban J connectivity index is 1.90. The summed E-state index contributed by atoms with van der Waals surface area (Å²) in [4.78, 5) is 11.4. The minimum atomic E-state index is -0.318. The monoisotopic (exact) mass is 248 g/mol. The average molecular weight is 248 g/mol. The summed E-state index contributed by atoms with van der Waals surface area (Å²) in [6, 6.07) is 5.52. The first-order valence-corrected chi connectivity index (χ1v) is 6.04. The van der Waals surface area contributed by atoms with Gasteiger partial charge in [-0.15, -0.1) is 0 Å². The lowest BCUT2D eigenvalue weighted by atomic mass is 10.2. The maximum absolute atomic E-state index is 11.4. The fraction of sp³-hybridized carbons (Fsp3) is 0.357. The van der Waals surface area contributed by atoms with Crippen LogP contribution in [0.25, 0.3) is 6.08 Å². The van der Waals surface area contributed by atoms with E-state index in [0.717, 1.165) is 24.2 Å². The van der Waals surface area contributed by atoms with Crippen LogP contribution in [0.5, 0.6) is 11.5 Å². The zero-order valence-electron chi connectivity index (χ0n) is 10.3. The molecule has 0 atom stereocenters. The third-order valence-corrected chi connectivity index (χ3v) is 2.55. The van der Waals surface area contributed by atoms with Gasteiger partial charge < -0.3 is 14.2 Å². The fourth-order valence-corrected chi connectivity index (χ4v) is 1.55. The molecule has 1 aromatic carbocycles. The van der Waals surface area contributed by atoms with Crippen LogP contribution in [0.1, 0.15) is 25.3 Å². The lowest BCUT2D eigenvalue weighted by Crippen LogP contribution is -2.01. The van der Waals surface area contributed by atoms with E-state index in [9.17, 15) is 4.79 Å². The molecule has 96 valence electrons. The maximum Gasteiger partial charge on any atom is 0.330 e. The van der Waals surface area contributed by atoms with E-state index in [-0.39, 0.29) is 12.8 Å². The van der Waals surface area contributed by atoms with Crippen LogP contribution in [0.2, 0.25) is 0 Å². The first kappa shape index (κ1) is 12.5. The van der Waals surface area contributed by atoms with Gasteiger partial charge in [-0.3, -0.25) is 0 Å². The molecule has 1 aromatic rings. The van der Waals surface area contributed by atoms with Gasteiger partial charge in [0.2, 0.25) is 6.79 Å². The highest BCUT2D eigenvalue weighted by atomic mass is 16.7. The van der Waals surface area contributed by atoms with Crippen molar-refractivity contribution in [1.82, 2.24) is 0 Å². The standard InChI is InChI=1S/C14H16O4/c1-2-3-8-16-14(15)7-5-11-4-6-12-13(9-11)18-10-17-12/h4-7,9H,2-3,8,10H2,1H3. The van der Waals surface area contributed by atoms with Gasteiger partial charge in [0.15, 0.2) is 11.5 Å². The summed E-state index contributed by atoms with van der Waals surface area (Å²) in [6.07, 6.45) is 5.03. The molecule has 0 bridgehead atoms. The van der Waals surface area contributed by atoms with Crippen LogP contribution in [-0.4, -0.2) is 19.4 Å². The number of ether oxygens (including phenoxy) is 3. The second kappa shape index (κ2) is 6.10. The summed E-state index contributed by atoms with van der Waals surface area (Å²) in [5.41, 5.74) is 0.881. The molecule has 1 aliphatic rings. The lowest BCUT2D eigenvalue weighted by Gasteiger charge is -2.00. The van der Waals surface area contributed by atoms with Crippen molar-refractivity contribution in [3.63, 3.8) is 0 Å². The van der Waals surface area contributed by atoms with Gasteiger partial charge >= 0.3 is 5.97 Å². The van der Waals surface area contributed by atoms with Crippen molar-refractivity contribution >= 4 is 12.0 Å². The number of esters is 1. The molecular weight excluding hydrogens is 232 g/mol. The third-order valence-electron chi connectivity index (χ3n) is 2.55. The first-order valence-electron chi connectivity index (χ1n) is 6.04.